The van der Waals surface area contributed by atoms with Crippen molar-refractivity contribution >= 4 is 10.8 Å². The summed E-state index contributed by atoms with van der Waals surface area (Å²) in [6.45, 7) is 4.88. The Morgan fingerprint density at radius 2 is 1.65 bits per heavy atom. The maximum Gasteiger partial charge on any atom is 0.122 e. The molecular weight excluding hydrogens is 388 g/mol. The minimum Gasteiger partial charge on any atom is -0.497 e. The molecule has 3 aromatic rings. The Hall–Kier alpha value is -2.60. The van der Waals surface area contributed by atoms with Crippen LogP contribution in [0.4, 0.5) is 0 Å². The molecule has 0 saturated carbocycles. The number of hydrogen-bond donors (Lipinski definition) is 1. The zero-order chi connectivity index (χ0) is 21.6. The highest BCUT2D eigenvalue weighted by Gasteiger charge is 2.27. The number of nitrogens with zero attached hydrogens (tertiary/aromatic N) is 2. The van der Waals surface area contributed by atoms with Gasteiger partial charge in [-0.15, -0.1) is 0 Å². The molecule has 1 atom stereocenters. The number of methoxy groups -OCH3 is 2. The zero-order valence-electron chi connectivity index (χ0n) is 18.5. The van der Waals surface area contributed by atoms with Gasteiger partial charge in [0.05, 0.1) is 14.2 Å². The minimum atomic E-state index is 0.199. The van der Waals surface area contributed by atoms with Crippen molar-refractivity contribution in [2.45, 2.75) is 25.6 Å². The summed E-state index contributed by atoms with van der Waals surface area (Å²) in [6, 6.07) is 21.5. The average Bonchev–Trinajstić information content (AvgIpc) is 2.81. The molecule has 5 heteroatoms. The Kier molecular flexibility index (Phi) is 7.07. The van der Waals surface area contributed by atoms with Gasteiger partial charge in [0.15, 0.2) is 0 Å². The summed E-state index contributed by atoms with van der Waals surface area (Å²) in [6.07, 6.45) is 0.771. The normalized spacial score (nSPS) is 17.7. The summed E-state index contributed by atoms with van der Waals surface area (Å²) in [5.74, 6) is 1.62. The van der Waals surface area contributed by atoms with Crippen molar-refractivity contribution in [1.29, 1.82) is 0 Å². The Morgan fingerprint density at radius 1 is 0.903 bits per heavy atom. The van der Waals surface area contributed by atoms with E-state index in [4.69, 9.17) is 9.47 Å². The molecule has 31 heavy (non-hydrogen) atoms. The van der Waals surface area contributed by atoms with Crippen LogP contribution < -0.4 is 9.47 Å². The highest BCUT2D eigenvalue weighted by Crippen LogP contribution is 2.26. The molecule has 0 spiro atoms. The predicted molar refractivity (Wildman–Crippen MR) is 125 cm³/mol. The van der Waals surface area contributed by atoms with Gasteiger partial charge in [0.25, 0.3) is 0 Å². The van der Waals surface area contributed by atoms with Crippen LogP contribution in [-0.4, -0.2) is 61.4 Å². The van der Waals surface area contributed by atoms with Crippen LogP contribution in [0.1, 0.15) is 17.5 Å². The quantitative estimate of drug-likeness (QED) is 0.598. The molecule has 1 fully saturated rings. The van der Waals surface area contributed by atoms with Crippen molar-refractivity contribution in [2.24, 2.45) is 0 Å². The SMILES string of the molecule is COc1cc(CN2CCN(Cc3cccc4ccccc34)C[C@H]2CCO)cc(OC)c1. The molecule has 0 aliphatic carbocycles. The second-order valence-corrected chi connectivity index (χ2v) is 8.23. The molecule has 0 unspecified atom stereocenters. The first-order valence-electron chi connectivity index (χ1n) is 11.0. The maximum atomic E-state index is 9.70. The number of ether oxygens (including phenoxy) is 2. The molecule has 0 radical (unpaired) electrons. The van der Waals surface area contributed by atoms with E-state index in [0.29, 0.717) is 6.04 Å². The van der Waals surface area contributed by atoms with Crippen molar-refractivity contribution in [1.82, 2.24) is 9.80 Å². The topological polar surface area (TPSA) is 45.2 Å². The lowest BCUT2D eigenvalue weighted by Crippen LogP contribution is -2.52. The third-order valence-corrected chi connectivity index (χ3v) is 6.22. The molecule has 1 N–H and O–H groups in total. The largest absolute Gasteiger partial charge is 0.497 e. The number of fused-ring (bicyclic) bond motifs is 1. The number of benzene rings is 3. The number of piperazine rings is 1. The van der Waals surface area contributed by atoms with E-state index in [1.807, 2.05) is 6.07 Å². The molecule has 1 heterocycles. The number of aliphatic hydroxyl groups excluding tert-OH is 1. The molecular formula is C26H32N2O3. The van der Waals surface area contributed by atoms with E-state index in [1.165, 1.54) is 21.9 Å². The molecule has 1 aliphatic rings. The smallest absolute Gasteiger partial charge is 0.122 e. The summed E-state index contributed by atoms with van der Waals surface area (Å²) in [7, 11) is 3.36. The van der Waals surface area contributed by atoms with E-state index >= 15 is 0 Å². The Balaban J connectivity index is 1.47. The van der Waals surface area contributed by atoms with Crippen LogP contribution in [-0.2, 0) is 13.1 Å². The zero-order valence-corrected chi connectivity index (χ0v) is 18.5. The Bertz CT molecular complexity index is 979. The van der Waals surface area contributed by atoms with Gasteiger partial charge >= 0.3 is 0 Å². The third-order valence-electron chi connectivity index (χ3n) is 6.22. The average molecular weight is 421 g/mol. The molecule has 0 bridgehead atoms. The fourth-order valence-electron chi connectivity index (χ4n) is 4.60. The van der Waals surface area contributed by atoms with Crippen molar-refractivity contribution in [3.8, 4) is 11.5 Å². The van der Waals surface area contributed by atoms with E-state index in [9.17, 15) is 5.11 Å². The molecule has 1 aliphatic heterocycles. The van der Waals surface area contributed by atoms with Crippen molar-refractivity contribution < 1.29 is 14.6 Å². The fourth-order valence-corrected chi connectivity index (χ4v) is 4.60. The van der Waals surface area contributed by atoms with Gasteiger partial charge in [0.1, 0.15) is 11.5 Å². The summed E-state index contributed by atoms with van der Waals surface area (Å²) in [5.41, 5.74) is 2.54. The van der Waals surface area contributed by atoms with E-state index in [1.54, 1.807) is 14.2 Å². The van der Waals surface area contributed by atoms with Gasteiger partial charge in [0, 0.05) is 51.4 Å². The van der Waals surface area contributed by atoms with Crippen molar-refractivity contribution in [3.63, 3.8) is 0 Å². The van der Waals surface area contributed by atoms with E-state index in [2.05, 4.69) is 64.4 Å². The first-order chi connectivity index (χ1) is 15.2. The van der Waals surface area contributed by atoms with Crippen molar-refractivity contribution in [3.05, 3.63) is 71.8 Å². The van der Waals surface area contributed by atoms with Gasteiger partial charge in [-0.1, -0.05) is 42.5 Å². The minimum absolute atomic E-state index is 0.199. The van der Waals surface area contributed by atoms with Gasteiger partial charge in [0.2, 0.25) is 0 Å². The van der Waals surface area contributed by atoms with Crippen LogP contribution in [0.25, 0.3) is 10.8 Å². The van der Waals surface area contributed by atoms with Crippen LogP contribution in [0.2, 0.25) is 0 Å². The molecule has 5 nitrogen and oxygen atoms in total. The summed E-state index contributed by atoms with van der Waals surface area (Å²) in [5, 5.41) is 12.3. The molecule has 3 aromatic carbocycles. The lowest BCUT2D eigenvalue weighted by atomic mass is 10.0. The summed E-state index contributed by atoms with van der Waals surface area (Å²) in [4.78, 5) is 4.99. The molecule has 4 rings (SSSR count). The van der Waals surface area contributed by atoms with Gasteiger partial charge < -0.3 is 14.6 Å². The van der Waals surface area contributed by atoms with E-state index in [-0.39, 0.29) is 6.61 Å². The van der Waals surface area contributed by atoms with Gasteiger partial charge in [-0.3, -0.25) is 9.80 Å². The first kappa shape index (κ1) is 21.6. The highest BCUT2D eigenvalue weighted by atomic mass is 16.5. The molecule has 0 amide bonds. The lowest BCUT2D eigenvalue weighted by Gasteiger charge is -2.41. The van der Waals surface area contributed by atoms with E-state index in [0.717, 1.165) is 50.6 Å². The highest BCUT2D eigenvalue weighted by molar-refractivity contribution is 5.85. The van der Waals surface area contributed by atoms with Crippen LogP contribution in [0.5, 0.6) is 11.5 Å². The number of rotatable bonds is 8. The van der Waals surface area contributed by atoms with Gasteiger partial charge in [-0.25, -0.2) is 0 Å². The second-order valence-electron chi connectivity index (χ2n) is 8.23. The molecule has 0 aromatic heterocycles. The Morgan fingerprint density at radius 3 is 2.39 bits per heavy atom. The van der Waals surface area contributed by atoms with E-state index < -0.39 is 0 Å². The Labute approximate surface area is 184 Å². The maximum absolute atomic E-state index is 9.70. The monoisotopic (exact) mass is 420 g/mol. The van der Waals surface area contributed by atoms with Crippen molar-refractivity contribution in [2.75, 3.05) is 40.5 Å². The van der Waals surface area contributed by atoms with Gasteiger partial charge in [-0.2, -0.15) is 0 Å². The molecule has 1 saturated heterocycles. The second kappa shape index (κ2) is 10.1. The standard InChI is InChI=1S/C26H32N2O3/c1-30-24-14-20(15-25(16-24)31-2)17-28-12-11-27(19-23(28)10-13-29)18-22-8-5-7-21-6-3-4-9-26(21)22/h3-9,14-16,23,29H,10-13,17-19H2,1-2H3/t23-/m1/s1. The van der Waals surface area contributed by atoms with Crippen LogP contribution in [0.15, 0.2) is 60.7 Å². The lowest BCUT2D eigenvalue weighted by molar-refractivity contribution is 0.0501. The van der Waals surface area contributed by atoms with Gasteiger partial charge in [-0.05, 0) is 40.5 Å². The predicted octanol–water partition coefficient (Wildman–Crippen LogP) is 3.93. The fraction of sp³-hybridized carbons (Fsp3) is 0.385. The molecule has 164 valence electrons. The number of hydrogen-bond acceptors (Lipinski definition) is 5. The number of aliphatic hydroxyl groups is 1. The summed E-state index contributed by atoms with van der Waals surface area (Å²) < 4.78 is 10.9. The first-order valence-corrected chi connectivity index (χ1v) is 11.0. The van der Waals surface area contributed by atoms with Crippen LogP contribution >= 0.6 is 0 Å². The van der Waals surface area contributed by atoms with Crippen LogP contribution in [0.3, 0.4) is 0 Å². The summed E-state index contributed by atoms with van der Waals surface area (Å²) >= 11 is 0. The van der Waals surface area contributed by atoms with Crippen LogP contribution in [0, 0.1) is 0 Å². The third kappa shape index (κ3) is 5.18.